The second kappa shape index (κ2) is 7.22. The Balaban J connectivity index is 1.73. The minimum Gasteiger partial charge on any atom is -0.367 e. The highest BCUT2D eigenvalue weighted by Crippen LogP contribution is 2.22. The molecule has 25 heavy (non-hydrogen) atoms. The van der Waals surface area contributed by atoms with Gasteiger partial charge in [0.2, 0.25) is 0 Å². The van der Waals surface area contributed by atoms with E-state index in [0.29, 0.717) is 30.6 Å². The average Bonchev–Trinajstić information content (AvgIpc) is 3.13. The maximum Gasteiger partial charge on any atom is 0.411 e. The van der Waals surface area contributed by atoms with E-state index in [-0.39, 0.29) is 12.5 Å². The number of hydrogen-bond donors (Lipinski definition) is 0. The third-order valence-electron chi connectivity index (χ3n) is 3.95. The summed E-state index contributed by atoms with van der Waals surface area (Å²) in [6.07, 6.45) is -0.755. The maximum absolute atomic E-state index is 12.8. The average molecular weight is 354 g/mol. The number of nitrogens with zero attached hydrogens (tertiary/aromatic N) is 4. The predicted octanol–water partition coefficient (Wildman–Crippen LogP) is 2.45. The number of piperidine rings is 1. The van der Waals surface area contributed by atoms with Gasteiger partial charge in [-0.05, 0) is 25.0 Å². The molecule has 1 amide bonds. The van der Waals surface area contributed by atoms with Gasteiger partial charge in [0.15, 0.2) is 0 Å². The van der Waals surface area contributed by atoms with Gasteiger partial charge in [0.1, 0.15) is 6.61 Å². The molecule has 0 unspecified atom stereocenters. The Labute approximate surface area is 142 Å². The van der Waals surface area contributed by atoms with E-state index in [1.54, 1.807) is 30.5 Å². The smallest absolute Gasteiger partial charge is 0.367 e. The molecule has 1 aromatic carbocycles. The van der Waals surface area contributed by atoms with E-state index in [2.05, 4.69) is 10.3 Å². The van der Waals surface area contributed by atoms with E-state index in [9.17, 15) is 18.0 Å². The van der Waals surface area contributed by atoms with Gasteiger partial charge in [0.25, 0.3) is 5.91 Å². The van der Waals surface area contributed by atoms with Crippen molar-refractivity contribution in [1.82, 2.24) is 19.9 Å². The van der Waals surface area contributed by atoms with Crippen LogP contribution in [-0.4, -0.2) is 57.8 Å². The third-order valence-corrected chi connectivity index (χ3v) is 3.95. The molecule has 2 heterocycles. The lowest BCUT2D eigenvalue weighted by Crippen LogP contribution is -2.44. The molecule has 1 aromatic heterocycles. The Hall–Kier alpha value is -2.42. The molecule has 1 aliphatic heterocycles. The Morgan fingerprint density at radius 3 is 2.84 bits per heavy atom. The second-order valence-corrected chi connectivity index (χ2v) is 5.81. The molecule has 0 aliphatic carbocycles. The molecule has 1 aliphatic rings. The van der Waals surface area contributed by atoms with Crippen LogP contribution in [0.3, 0.4) is 0 Å². The van der Waals surface area contributed by atoms with E-state index in [1.165, 1.54) is 15.8 Å². The van der Waals surface area contributed by atoms with Crippen molar-refractivity contribution < 1.29 is 22.7 Å². The first-order valence-corrected chi connectivity index (χ1v) is 7.87. The van der Waals surface area contributed by atoms with Crippen LogP contribution >= 0.6 is 0 Å². The summed E-state index contributed by atoms with van der Waals surface area (Å²) < 4.78 is 43.4. The number of rotatable bonds is 4. The highest BCUT2D eigenvalue weighted by molar-refractivity contribution is 5.97. The number of amides is 1. The van der Waals surface area contributed by atoms with E-state index in [1.807, 2.05) is 0 Å². The maximum atomic E-state index is 12.8. The number of para-hydroxylation sites is 1. The number of likely N-dealkylation sites (tertiary alicyclic amines) is 1. The summed E-state index contributed by atoms with van der Waals surface area (Å²) in [4.78, 5) is 14.4. The minimum atomic E-state index is -4.37. The second-order valence-electron chi connectivity index (χ2n) is 5.81. The Bertz CT molecular complexity index is 718. The van der Waals surface area contributed by atoms with Crippen LogP contribution in [0.15, 0.2) is 36.7 Å². The summed E-state index contributed by atoms with van der Waals surface area (Å²) in [5.74, 6) is -0.258. The first kappa shape index (κ1) is 17.4. The molecule has 3 rings (SSSR count). The van der Waals surface area contributed by atoms with Gasteiger partial charge in [-0.2, -0.15) is 13.2 Å². The molecule has 9 heteroatoms. The molecule has 0 spiro atoms. The summed E-state index contributed by atoms with van der Waals surface area (Å²) >= 11 is 0. The van der Waals surface area contributed by atoms with Crippen LogP contribution in [0.5, 0.6) is 0 Å². The fourth-order valence-corrected chi connectivity index (χ4v) is 2.83. The van der Waals surface area contributed by atoms with Gasteiger partial charge in [-0.3, -0.25) is 4.79 Å². The standard InChI is InChI=1S/C16H17F3N4O2/c17-16(18,19)11-25-12-4-3-8-22(10-12)15(24)13-5-1-2-6-14(13)23-9-7-20-21-23/h1-2,5-7,9,12H,3-4,8,10-11H2/t12-/m0/s1. The van der Waals surface area contributed by atoms with Crippen LogP contribution in [0.4, 0.5) is 13.2 Å². The van der Waals surface area contributed by atoms with Crippen LogP contribution in [0, 0.1) is 0 Å². The van der Waals surface area contributed by atoms with Gasteiger partial charge in [-0.1, -0.05) is 17.3 Å². The molecule has 1 atom stereocenters. The predicted molar refractivity (Wildman–Crippen MR) is 82.3 cm³/mol. The number of carbonyl (C=O) groups is 1. The van der Waals surface area contributed by atoms with Crippen molar-refractivity contribution in [2.45, 2.75) is 25.1 Å². The van der Waals surface area contributed by atoms with Crippen molar-refractivity contribution in [2.24, 2.45) is 0 Å². The van der Waals surface area contributed by atoms with Crippen molar-refractivity contribution in [3.63, 3.8) is 0 Å². The zero-order chi connectivity index (χ0) is 17.9. The number of ether oxygens (including phenoxy) is 1. The van der Waals surface area contributed by atoms with Crippen molar-refractivity contribution in [3.05, 3.63) is 42.2 Å². The third kappa shape index (κ3) is 4.36. The highest BCUT2D eigenvalue weighted by atomic mass is 19.4. The molecule has 0 radical (unpaired) electrons. The van der Waals surface area contributed by atoms with Crippen molar-refractivity contribution in [3.8, 4) is 5.69 Å². The van der Waals surface area contributed by atoms with Gasteiger partial charge in [-0.15, -0.1) is 5.10 Å². The highest BCUT2D eigenvalue weighted by Gasteiger charge is 2.32. The van der Waals surface area contributed by atoms with Crippen LogP contribution < -0.4 is 0 Å². The van der Waals surface area contributed by atoms with Gasteiger partial charge in [0.05, 0.1) is 29.7 Å². The van der Waals surface area contributed by atoms with Gasteiger partial charge >= 0.3 is 6.18 Å². The number of benzene rings is 1. The van der Waals surface area contributed by atoms with Crippen molar-refractivity contribution in [2.75, 3.05) is 19.7 Å². The summed E-state index contributed by atoms with van der Waals surface area (Å²) in [5.41, 5.74) is 0.993. The summed E-state index contributed by atoms with van der Waals surface area (Å²) in [6.45, 7) is -0.674. The lowest BCUT2D eigenvalue weighted by molar-refractivity contribution is -0.188. The van der Waals surface area contributed by atoms with Crippen LogP contribution in [0.1, 0.15) is 23.2 Å². The molecule has 2 aromatic rings. The Morgan fingerprint density at radius 1 is 1.32 bits per heavy atom. The van der Waals surface area contributed by atoms with Crippen LogP contribution in [-0.2, 0) is 4.74 Å². The van der Waals surface area contributed by atoms with Crippen molar-refractivity contribution >= 4 is 5.91 Å². The zero-order valence-corrected chi connectivity index (χ0v) is 13.3. The largest absolute Gasteiger partial charge is 0.411 e. The minimum absolute atomic E-state index is 0.139. The molecular weight excluding hydrogens is 337 g/mol. The summed E-state index contributed by atoms with van der Waals surface area (Å²) in [5, 5.41) is 7.62. The number of alkyl halides is 3. The molecule has 6 nitrogen and oxygen atoms in total. The summed E-state index contributed by atoms with van der Waals surface area (Å²) in [7, 11) is 0. The van der Waals surface area contributed by atoms with Crippen LogP contribution in [0.2, 0.25) is 0 Å². The quantitative estimate of drug-likeness (QED) is 0.846. The summed E-state index contributed by atoms with van der Waals surface area (Å²) in [6, 6.07) is 6.91. The fourth-order valence-electron chi connectivity index (χ4n) is 2.83. The monoisotopic (exact) mass is 354 g/mol. The molecule has 1 fully saturated rings. The van der Waals surface area contributed by atoms with E-state index in [4.69, 9.17) is 4.74 Å². The first-order valence-electron chi connectivity index (χ1n) is 7.87. The zero-order valence-electron chi connectivity index (χ0n) is 13.3. The SMILES string of the molecule is O=C(c1ccccc1-n1ccnn1)N1CCC[C@H](OCC(F)(F)F)C1. The fraction of sp³-hybridized carbons (Fsp3) is 0.438. The molecular formula is C16H17F3N4O2. The van der Waals surface area contributed by atoms with Crippen molar-refractivity contribution in [1.29, 1.82) is 0 Å². The van der Waals surface area contributed by atoms with Gasteiger partial charge in [-0.25, -0.2) is 4.68 Å². The van der Waals surface area contributed by atoms with E-state index >= 15 is 0 Å². The van der Waals surface area contributed by atoms with Gasteiger partial charge in [0, 0.05) is 13.1 Å². The van der Waals surface area contributed by atoms with E-state index < -0.39 is 18.9 Å². The Morgan fingerprint density at radius 2 is 2.12 bits per heavy atom. The number of hydrogen-bond acceptors (Lipinski definition) is 4. The normalized spacial score (nSPS) is 18.4. The number of carbonyl (C=O) groups excluding carboxylic acids is 1. The Kier molecular flexibility index (Phi) is 5.03. The first-order chi connectivity index (χ1) is 11.9. The molecule has 134 valence electrons. The topological polar surface area (TPSA) is 60.2 Å². The number of aromatic nitrogens is 3. The molecule has 0 saturated carbocycles. The molecule has 0 bridgehead atoms. The lowest BCUT2D eigenvalue weighted by atomic mass is 10.1. The molecule has 0 N–H and O–H groups in total. The lowest BCUT2D eigenvalue weighted by Gasteiger charge is -2.33. The van der Waals surface area contributed by atoms with Crippen LogP contribution in [0.25, 0.3) is 5.69 Å². The molecule has 1 saturated heterocycles. The van der Waals surface area contributed by atoms with E-state index in [0.717, 1.165) is 0 Å². The van der Waals surface area contributed by atoms with Gasteiger partial charge < -0.3 is 9.64 Å². The number of halogens is 3.